The Hall–Kier alpha value is -1.31. The van der Waals surface area contributed by atoms with Crippen LogP contribution in [-0.4, -0.2) is 35.8 Å². The van der Waals surface area contributed by atoms with E-state index in [1.807, 2.05) is 24.3 Å². The SMILES string of the molecule is COc1ccc(Nc2nnc(SC[C@@H]3CCCO3)s2)cc1. The zero-order valence-corrected chi connectivity index (χ0v) is 13.4. The second-order valence-electron chi connectivity index (χ2n) is 4.67. The van der Waals surface area contributed by atoms with Gasteiger partial charge in [-0.1, -0.05) is 23.1 Å². The van der Waals surface area contributed by atoms with Crippen molar-refractivity contribution in [2.75, 3.05) is 24.8 Å². The van der Waals surface area contributed by atoms with Crippen LogP contribution in [0, 0.1) is 0 Å². The minimum absolute atomic E-state index is 0.372. The van der Waals surface area contributed by atoms with Crippen molar-refractivity contribution in [3.8, 4) is 5.75 Å². The van der Waals surface area contributed by atoms with Crippen LogP contribution in [0.2, 0.25) is 0 Å². The summed E-state index contributed by atoms with van der Waals surface area (Å²) in [5.74, 6) is 1.79. The third-order valence-electron chi connectivity index (χ3n) is 3.16. The standard InChI is InChI=1S/C14H17N3O2S2/c1-18-11-6-4-10(5-7-11)15-13-16-17-14(21-13)20-9-12-3-2-8-19-12/h4-7,12H,2-3,8-9H2,1H3,(H,15,16)/t12-/m0/s1. The van der Waals surface area contributed by atoms with Gasteiger partial charge in [-0.25, -0.2) is 0 Å². The van der Waals surface area contributed by atoms with Crippen LogP contribution < -0.4 is 10.1 Å². The molecule has 1 aliphatic rings. The highest BCUT2D eigenvalue weighted by Crippen LogP contribution is 2.30. The van der Waals surface area contributed by atoms with E-state index in [9.17, 15) is 0 Å². The molecule has 0 aliphatic carbocycles. The quantitative estimate of drug-likeness (QED) is 0.820. The Kier molecular flexibility index (Phi) is 4.95. The Bertz CT molecular complexity index is 568. The van der Waals surface area contributed by atoms with Crippen molar-refractivity contribution in [1.82, 2.24) is 10.2 Å². The molecular formula is C14H17N3O2S2. The molecule has 0 unspecified atom stereocenters. The van der Waals surface area contributed by atoms with E-state index in [1.54, 1.807) is 30.2 Å². The molecule has 2 aromatic rings. The Morgan fingerprint density at radius 2 is 2.24 bits per heavy atom. The summed E-state index contributed by atoms with van der Waals surface area (Å²) in [7, 11) is 1.66. The van der Waals surface area contributed by atoms with E-state index in [2.05, 4.69) is 15.5 Å². The molecule has 1 aromatic heterocycles. The number of nitrogens with one attached hydrogen (secondary N) is 1. The minimum Gasteiger partial charge on any atom is -0.497 e. The largest absolute Gasteiger partial charge is 0.497 e. The third kappa shape index (κ3) is 4.09. The van der Waals surface area contributed by atoms with Crippen molar-refractivity contribution >= 4 is 33.9 Å². The number of nitrogens with zero attached hydrogens (tertiary/aromatic N) is 2. The predicted octanol–water partition coefficient (Wildman–Crippen LogP) is 3.56. The first-order valence-corrected chi connectivity index (χ1v) is 8.62. The molecule has 0 spiro atoms. The number of ether oxygens (including phenoxy) is 2. The van der Waals surface area contributed by atoms with E-state index < -0.39 is 0 Å². The Morgan fingerprint density at radius 1 is 1.38 bits per heavy atom. The van der Waals surface area contributed by atoms with Crippen molar-refractivity contribution in [2.45, 2.75) is 23.3 Å². The molecule has 112 valence electrons. The van der Waals surface area contributed by atoms with Gasteiger partial charge in [0.15, 0.2) is 4.34 Å². The second kappa shape index (κ2) is 7.11. The molecule has 1 atom stereocenters. The molecule has 1 N–H and O–H groups in total. The van der Waals surface area contributed by atoms with Crippen LogP contribution in [0.15, 0.2) is 28.6 Å². The molecule has 1 aliphatic heterocycles. The summed E-state index contributed by atoms with van der Waals surface area (Å²) in [5.41, 5.74) is 0.975. The van der Waals surface area contributed by atoms with E-state index in [4.69, 9.17) is 9.47 Å². The predicted molar refractivity (Wildman–Crippen MR) is 85.9 cm³/mol. The maximum Gasteiger partial charge on any atom is 0.210 e. The van der Waals surface area contributed by atoms with Gasteiger partial charge in [0.1, 0.15) is 5.75 Å². The van der Waals surface area contributed by atoms with Gasteiger partial charge in [0, 0.05) is 18.0 Å². The van der Waals surface area contributed by atoms with E-state index in [0.717, 1.165) is 39.7 Å². The second-order valence-corrected chi connectivity index (χ2v) is 6.92. The maximum absolute atomic E-state index is 5.61. The molecular weight excluding hydrogens is 306 g/mol. The summed E-state index contributed by atoms with van der Waals surface area (Å²) >= 11 is 3.28. The smallest absolute Gasteiger partial charge is 0.210 e. The number of hydrogen-bond donors (Lipinski definition) is 1. The summed E-state index contributed by atoms with van der Waals surface area (Å²) in [6.07, 6.45) is 2.70. The number of benzene rings is 1. The van der Waals surface area contributed by atoms with Gasteiger partial charge >= 0.3 is 0 Å². The van der Waals surface area contributed by atoms with Crippen LogP contribution in [0.4, 0.5) is 10.8 Å². The van der Waals surface area contributed by atoms with Gasteiger partial charge in [0.2, 0.25) is 5.13 Å². The van der Waals surface area contributed by atoms with Crippen LogP contribution in [0.5, 0.6) is 5.75 Å². The lowest BCUT2D eigenvalue weighted by atomic mass is 10.3. The maximum atomic E-state index is 5.61. The lowest BCUT2D eigenvalue weighted by Crippen LogP contribution is -2.07. The fourth-order valence-electron chi connectivity index (χ4n) is 2.06. The van der Waals surface area contributed by atoms with E-state index in [-0.39, 0.29) is 0 Å². The normalized spacial score (nSPS) is 17.9. The summed E-state index contributed by atoms with van der Waals surface area (Å²) < 4.78 is 11.7. The van der Waals surface area contributed by atoms with Crippen LogP contribution in [0.25, 0.3) is 0 Å². The summed E-state index contributed by atoms with van der Waals surface area (Å²) in [4.78, 5) is 0. The molecule has 1 fully saturated rings. The zero-order chi connectivity index (χ0) is 14.5. The molecule has 0 bridgehead atoms. The fraction of sp³-hybridized carbons (Fsp3) is 0.429. The van der Waals surface area contributed by atoms with Gasteiger partial charge < -0.3 is 14.8 Å². The van der Waals surface area contributed by atoms with Gasteiger partial charge in [-0.2, -0.15) is 0 Å². The Balaban J connectivity index is 1.53. The molecule has 0 radical (unpaired) electrons. The highest BCUT2D eigenvalue weighted by atomic mass is 32.2. The van der Waals surface area contributed by atoms with Gasteiger partial charge in [-0.05, 0) is 37.1 Å². The Morgan fingerprint density at radius 3 is 2.95 bits per heavy atom. The monoisotopic (exact) mass is 323 g/mol. The van der Waals surface area contributed by atoms with Gasteiger partial charge in [0.25, 0.3) is 0 Å². The number of rotatable bonds is 6. The first-order chi connectivity index (χ1) is 10.3. The molecule has 0 saturated carbocycles. The van der Waals surface area contributed by atoms with E-state index >= 15 is 0 Å². The number of methoxy groups -OCH3 is 1. The molecule has 3 rings (SSSR count). The van der Waals surface area contributed by atoms with E-state index in [1.165, 1.54) is 6.42 Å². The summed E-state index contributed by atoms with van der Waals surface area (Å²) in [5, 5.41) is 12.4. The topological polar surface area (TPSA) is 56.3 Å². The molecule has 2 heterocycles. The third-order valence-corrected chi connectivity index (χ3v) is 5.27. The number of anilines is 2. The average molecular weight is 323 g/mol. The van der Waals surface area contributed by atoms with Crippen LogP contribution in [-0.2, 0) is 4.74 Å². The molecule has 0 amide bonds. The highest BCUT2D eigenvalue weighted by molar-refractivity contribution is 8.01. The number of hydrogen-bond acceptors (Lipinski definition) is 7. The van der Waals surface area contributed by atoms with Crippen molar-refractivity contribution in [3.05, 3.63) is 24.3 Å². The summed E-state index contributed by atoms with van der Waals surface area (Å²) in [6.45, 7) is 0.894. The van der Waals surface area contributed by atoms with Gasteiger partial charge in [-0.3, -0.25) is 0 Å². The van der Waals surface area contributed by atoms with Crippen molar-refractivity contribution in [2.24, 2.45) is 0 Å². The zero-order valence-electron chi connectivity index (χ0n) is 11.7. The molecule has 7 heteroatoms. The van der Waals surface area contributed by atoms with Crippen LogP contribution in [0.3, 0.4) is 0 Å². The van der Waals surface area contributed by atoms with Gasteiger partial charge in [-0.15, -0.1) is 10.2 Å². The number of aromatic nitrogens is 2. The van der Waals surface area contributed by atoms with Crippen molar-refractivity contribution in [1.29, 1.82) is 0 Å². The first kappa shape index (κ1) is 14.6. The minimum atomic E-state index is 0.372. The average Bonchev–Trinajstić information content (AvgIpc) is 3.17. The lowest BCUT2D eigenvalue weighted by molar-refractivity contribution is 0.129. The first-order valence-electron chi connectivity index (χ1n) is 6.82. The molecule has 21 heavy (non-hydrogen) atoms. The highest BCUT2D eigenvalue weighted by Gasteiger charge is 2.16. The molecule has 1 aromatic carbocycles. The van der Waals surface area contributed by atoms with Crippen LogP contribution in [0.1, 0.15) is 12.8 Å². The van der Waals surface area contributed by atoms with Crippen molar-refractivity contribution in [3.63, 3.8) is 0 Å². The number of thioether (sulfide) groups is 1. The lowest BCUT2D eigenvalue weighted by Gasteiger charge is -2.05. The van der Waals surface area contributed by atoms with E-state index in [0.29, 0.717) is 6.10 Å². The van der Waals surface area contributed by atoms with Crippen molar-refractivity contribution < 1.29 is 9.47 Å². The molecule has 1 saturated heterocycles. The Labute approximate surface area is 132 Å². The van der Waals surface area contributed by atoms with Crippen LogP contribution >= 0.6 is 23.1 Å². The molecule has 5 nitrogen and oxygen atoms in total. The summed E-state index contributed by atoms with van der Waals surface area (Å²) in [6, 6.07) is 7.74. The fourth-order valence-corrected chi connectivity index (χ4v) is 3.92. The van der Waals surface area contributed by atoms with Gasteiger partial charge in [0.05, 0.1) is 13.2 Å².